The van der Waals surface area contributed by atoms with Gasteiger partial charge in [0.2, 0.25) is 17.6 Å². The molecule has 0 bridgehead atoms. The van der Waals surface area contributed by atoms with Crippen LogP contribution in [0, 0.1) is 5.92 Å². The zero-order valence-corrected chi connectivity index (χ0v) is 14.2. The lowest BCUT2D eigenvalue weighted by Gasteiger charge is -2.36. The fourth-order valence-electron chi connectivity index (χ4n) is 2.89. The third kappa shape index (κ3) is 3.64. The first kappa shape index (κ1) is 16.6. The Hall–Kier alpha value is -2.22. The molecule has 1 fully saturated rings. The molecule has 1 N–H and O–H groups in total. The molecule has 1 aliphatic heterocycles. The lowest BCUT2D eigenvalue weighted by atomic mass is 9.92. The van der Waals surface area contributed by atoms with Gasteiger partial charge in [-0.3, -0.25) is 4.79 Å². The third-order valence-corrected chi connectivity index (χ3v) is 5.10. The lowest BCUT2D eigenvalue weighted by Crippen LogP contribution is -2.49. The monoisotopic (exact) mass is 349 g/mol. The van der Waals surface area contributed by atoms with Crippen molar-refractivity contribution >= 4 is 23.2 Å². The lowest BCUT2D eigenvalue weighted by molar-refractivity contribution is -0.153. The molecule has 24 heavy (non-hydrogen) atoms. The van der Waals surface area contributed by atoms with Crippen molar-refractivity contribution in [1.82, 2.24) is 15.0 Å². The van der Waals surface area contributed by atoms with Crippen LogP contribution in [-0.2, 0) is 16.0 Å². The van der Waals surface area contributed by atoms with Gasteiger partial charge in [-0.25, -0.2) is 4.79 Å². The standard InChI is InChI=1S/C16H19N3O4S/c1-10-6-7-19(11(9-10)16(21)22)14(20)5-4-13-17-15(18-23-13)12-3-2-8-24-12/h2-3,8,10-11H,4-7,9H2,1H3,(H,21,22). The minimum atomic E-state index is -0.937. The molecule has 2 aromatic heterocycles. The Morgan fingerprint density at radius 3 is 3.04 bits per heavy atom. The zero-order valence-electron chi connectivity index (χ0n) is 13.3. The van der Waals surface area contributed by atoms with Crippen molar-refractivity contribution in [2.75, 3.05) is 6.54 Å². The molecule has 0 radical (unpaired) electrons. The highest BCUT2D eigenvalue weighted by molar-refractivity contribution is 7.13. The van der Waals surface area contributed by atoms with E-state index in [2.05, 4.69) is 10.1 Å². The first-order valence-corrected chi connectivity index (χ1v) is 8.81. The highest BCUT2D eigenvalue weighted by atomic mass is 32.1. The van der Waals surface area contributed by atoms with E-state index in [-0.39, 0.29) is 12.3 Å². The molecule has 0 saturated carbocycles. The summed E-state index contributed by atoms with van der Waals surface area (Å²) in [6.07, 6.45) is 1.82. The Labute approximate surface area is 143 Å². The second kappa shape index (κ2) is 7.12. The smallest absolute Gasteiger partial charge is 0.326 e. The quantitative estimate of drug-likeness (QED) is 0.890. The van der Waals surface area contributed by atoms with Gasteiger partial charge in [-0.1, -0.05) is 18.1 Å². The number of carboxylic acids is 1. The maximum Gasteiger partial charge on any atom is 0.326 e. The summed E-state index contributed by atoms with van der Waals surface area (Å²) in [6.45, 7) is 2.50. The molecular weight excluding hydrogens is 330 g/mol. The molecule has 2 atom stereocenters. The number of thiophene rings is 1. The molecule has 1 amide bonds. The number of hydrogen-bond acceptors (Lipinski definition) is 6. The molecule has 2 unspecified atom stereocenters. The first-order chi connectivity index (χ1) is 11.5. The van der Waals surface area contributed by atoms with Crippen molar-refractivity contribution in [3.8, 4) is 10.7 Å². The van der Waals surface area contributed by atoms with Gasteiger partial charge >= 0.3 is 5.97 Å². The summed E-state index contributed by atoms with van der Waals surface area (Å²) in [5.74, 6) is 0.115. The molecule has 3 rings (SSSR count). The summed E-state index contributed by atoms with van der Waals surface area (Å²) >= 11 is 1.51. The average molecular weight is 349 g/mol. The van der Waals surface area contributed by atoms with E-state index in [1.54, 1.807) is 0 Å². The topological polar surface area (TPSA) is 96.5 Å². The molecule has 0 spiro atoms. The van der Waals surface area contributed by atoms with Crippen LogP contribution in [0.2, 0.25) is 0 Å². The molecule has 2 aromatic rings. The van der Waals surface area contributed by atoms with Crippen molar-refractivity contribution in [2.45, 2.75) is 38.6 Å². The normalized spacial score (nSPS) is 21.0. The predicted octanol–water partition coefficient (Wildman–Crippen LogP) is 2.44. The van der Waals surface area contributed by atoms with E-state index in [9.17, 15) is 14.7 Å². The predicted molar refractivity (Wildman–Crippen MR) is 87.5 cm³/mol. The number of nitrogens with zero attached hydrogens (tertiary/aromatic N) is 3. The molecule has 7 nitrogen and oxygen atoms in total. The van der Waals surface area contributed by atoms with E-state index in [4.69, 9.17) is 4.52 Å². The Bertz CT molecular complexity index is 713. The Morgan fingerprint density at radius 2 is 2.33 bits per heavy atom. The van der Waals surface area contributed by atoms with E-state index in [0.29, 0.717) is 37.0 Å². The summed E-state index contributed by atoms with van der Waals surface area (Å²) in [7, 11) is 0. The number of rotatable bonds is 5. The van der Waals surface area contributed by atoms with Crippen LogP contribution in [0.25, 0.3) is 10.7 Å². The first-order valence-electron chi connectivity index (χ1n) is 7.93. The number of aryl methyl sites for hydroxylation is 1. The number of carboxylic acid groups (broad SMARTS) is 1. The number of aliphatic carboxylic acids is 1. The Balaban J connectivity index is 1.60. The van der Waals surface area contributed by atoms with Crippen LogP contribution in [0.3, 0.4) is 0 Å². The zero-order chi connectivity index (χ0) is 17.1. The second-order valence-electron chi connectivity index (χ2n) is 6.06. The van der Waals surface area contributed by atoms with Gasteiger partial charge in [0, 0.05) is 19.4 Å². The van der Waals surface area contributed by atoms with Gasteiger partial charge in [0.15, 0.2) is 0 Å². The van der Waals surface area contributed by atoms with Crippen LogP contribution >= 0.6 is 11.3 Å². The number of carbonyl (C=O) groups excluding carboxylic acids is 1. The highest BCUT2D eigenvalue weighted by Gasteiger charge is 2.34. The molecule has 8 heteroatoms. The minimum absolute atomic E-state index is 0.171. The van der Waals surface area contributed by atoms with Crippen LogP contribution in [0.5, 0.6) is 0 Å². The van der Waals surface area contributed by atoms with Gasteiger partial charge in [0.05, 0.1) is 4.88 Å². The molecule has 1 aliphatic rings. The van der Waals surface area contributed by atoms with Crippen LogP contribution in [0.4, 0.5) is 0 Å². The molecule has 128 valence electrons. The molecular formula is C16H19N3O4S. The number of aromatic nitrogens is 2. The van der Waals surface area contributed by atoms with Crippen molar-refractivity contribution in [3.63, 3.8) is 0 Å². The molecule has 1 saturated heterocycles. The van der Waals surface area contributed by atoms with Crippen molar-refractivity contribution in [1.29, 1.82) is 0 Å². The van der Waals surface area contributed by atoms with Crippen molar-refractivity contribution < 1.29 is 19.2 Å². The average Bonchev–Trinajstić information content (AvgIpc) is 3.23. The molecule has 0 aliphatic carbocycles. The van der Waals surface area contributed by atoms with Gasteiger partial charge in [-0.2, -0.15) is 4.98 Å². The second-order valence-corrected chi connectivity index (χ2v) is 7.01. The summed E-state index contributed by atoms with van der Waals surface area (Å²) in [5, 5.41) is 15.2. The number of amides is 1. The number of hydrogen-bond donors (Lipinski definition) is 1. The fourth-order valence-corrected chi connectivity index (χ4v) is 3.54. The third-order valence-electron chi connectivity index (χ3n) is 4.23. The van der Waals surface area contributed by atoms with E-state index in [1.165, 1.54) is 16.2 Å². The van der Waals surface area contributed by atoms with Crippen LogP contribution in [-0.4, -0.2) is 44.6 Å². The molecule has 0 aromatic carbocycles. The van der Waals surface area contributed by atoms with E-state index < -0.39 is 12.0 Å². The minimum Gasteiger partial charge on any atom is -0.480 e. The number of carbonyl (C=O) groups is 2. The maximum atomic E-state index is 12.4. The van der Waals surface area contributed by atoms with Gasteiger partial charge in [0.1, 0.15) is 6.04 Å². The highest BCUT2D eigenvalue weighted by Crippen LogP contribution is 2.24. The number of likely N-dealkylation sites (tertiary alicyclic amines) is 1. The SMILES string of the molecule is CC1CCN(C(=O)CCc2nc(-c3cccs3)no2)C(C(=O)O)C1. The summed E-state index contributed by atoms with van der Waals surface area (Å²) in [5.41, 5.74) is 0. The van der Waals surface area contributed by atoms with E-state index >= 15 is 0 Å². The van der Waals surface area contributed by atoms with Gasteiger partial charge in [-0.15, -0.1) is 11.3 Å². The van der Waals surface area contributed by atoms with Crippen LogP contribution in [0.1, 0.15) is 32.1 Å². The summed E-state index contributed by atoms with van der Waals surface area (Å²) in [6, 6.07) is 3.07. The Kier molecular flexibility index (Phi) is 4.94. The molecule has 3 heterocycles. The Morgan fingerprint density at radius 1 is 1.50 bits per heavy atom. The van der Waals surface area contributed by atoms with Gasteiger partial charge in [-0.05, 0) is 30.2 Å². The number of piperidine rings is 1. The largest absolute Gasteiger partial charge is 0.480 e. The maximum absolute atomic E-state index is 12.4. The van der Waals surface area contributed by atoms with Crippen LogP contribution < -0.4 is 0 Å². The van der Waals surface area contributed by atoms with Gasteiger partial charge in [0.25, 0.3) is 0 Å². The van der Waals surface area contributed by atoms with Gasteiger partial charge < -0.3 is 14.5 Å². The summed E-state index contributed by atoms with van der Waals surface area (Å²) < 4.78 is 5.18. The van der Waals surface area contributed by atoms with Crippen molar-refractivity contribution in [2.24, 2.45) is 5.92 Å². The van der Waals surface area contributed by atoms with E-state index in [1.807, 2.05) is 24.4 Å². The van der Waals surface area contributed by atoms with Crippen molar-refractivity contribution in [3.05, 3.63) is 23.4 Å². The van der Waals surface area contributed by atoms with E-state index in [0.717, 1.165) is 11.3 Å². The summed E-state index contributed by atoms with van der Waals surface area (Å²) in [4.78, 5) is 30.5. The fraction of sp³-hybridized carbons (Fsp3) is 0.500. The van der Waals surface area contributed by atoms with Crippen LogP contribution in [0.15, 0.2) is 22.0 Å².